The Morgan fingerprint density at radius 2 is 1.62 bits per heavy atom. The maximum atomic E-state index is 10.1. The predicted octanol–water partition coefficient (Wildman–Crippen LogP) is 0.828. The molecule has 6 heteroatoms. The van der Waals surface area contributed by atoms with Crippen molar-refractivity contribution in [1.82, 2.24) is 0 Å². The minimum atomic E-state index is -1.55. The van der Waals surface area contributed by atoms with Crippen LogP contribution in [0.2, 0.25) is 0 Å². The highest BCUT2D eigenvalue weighted by molar-refractivity contribution is 6.36. The minimum absolute atomic E-state index is 0.176. The van der Waals surface area contributed by atoms with Crippen molar-refractivity contribution in [2.24, 2.45) is 0 Å². The van der Waals surface area contributed by atoms with E-state index in [-0.39, 0.29) is 12.1 Å². The molecule has 0 aromatic rings. The van der Waals surface area contributed by atoms with Gasteiger partial charge in [-0.25, -0.2) is 5.02 Å². The van der Waals surface area contributed by atoms with E-state index in [0.717, 1.165) is 0 Å². The zero-order chi connectivity index (χ0) is 6.41. The fourth-order valence-corrected chi connectivity index (χ4v) is 0.357. The first-order valence-corrected chi connectivity index (χ1v) is 2.89. The molecule has 0 aromatic heterocycles. The van der Waals surface area contributed by atoms with Crippen LogP contribution in [-0.4, -0.2) is 19.5 Å². The quantitative estimate of drug-likeness (QED) is 0.448. The molecule has 0 bridgehead atoms. The molecule has 0 spiro atoms. The second-order valence-electron chi connectivity index (χ2n) is 0.840. The van der Waals surface area contributed by atoms with Crippen molar-refractivity contribution in [3.05, 3.63) is 0 Å². The highest BCUT2D eigenvalue weighted by atomic mass is 35.5. The Morgan fingerprint density at radius 3 is 1.88 bits per heavy atom. The van der Waals surface area contributed by atoms with E-state index >= 15 is 0 Å². The molecule has 8 heavy (non-hydrogen) atoms. The van der Waals surface area contributed by atoms with Crippen LogP contribution in [-0.2, 0) is 14.3 Å². The molecule has 0 fully saturated rings. The normalized spacial score (nSPS) is 9.38. The molecule has 0 atom stereocenters. The summed E-state index contributed by atoms with van der Waals surface area (Å²) in [4.78, 5) is 0. The van der Waals surface area contributed by atoms with Crippen molar-refractivity contribution in [1.29, 1.82) is 0 Å². The number of halogens is 2. The van der Waals surface area contributed by atoms with Gasteiger partial charge in [0.25, 0.3) is 0 Å². The van der Waals surface area contributed by atoms with Crippen LogP contribution in [0, 0.1) is 0 Å². The molecule has 0 aromatic carbocycles. The number of rotatable bonds is 4. The standard InChI is InChI=1S/C2H4BCl2O3/c4-1-7-3(6)8-2-5/h1-2H2. The monoisotopic (exact) mass is 157 g/mol. The Hall–Kier alpha value is 0.525. The van der Waals surface area contributed by atoms with Crippen molar-refractivity contribution in [2.45, 2.75) is 0 Å². The lowest BCUT2D eigenvalue weighted by Gasteiger charge is -1.98. The smallest absolute Gasteiger partial charge is 0.370 e. The van der Waals surface area contributed by atoms with E-state index in [0.29, 0.717) is 0 Å². The Bertz CT molecular complexity index is 48.5. The lowest BCUT2D eigenvalue weighted by molar-refractivity contribution is 0.145. The molecule has 0 aliphatic carbocycles. The van der Waals surface area contributed by atoms with Gasteiger partial charge < -0.3 is 9.31 Å². The second-order valence-corrected chi connectivity index (χ2v) is 1.28. The molecule has 0 aliphatic heterocycles. The molecule has 0 unspecified atom stereocenters. The van der Waals surface area contributed by atoms with Crippen molar-refractivity contribution >= 4 is 30.5 Å². The number of alkyl halides is 2. The van der Waals surface area contributed by atoms with Crippen molar-refractivity contribution in [3.8, 4) is 0 Å². The van der Waals surface area contributed by atoms with Crippen LogP contribution in [0.1, 0.15) is 0 Å². The van der Waals surface area contributed by atoms with Crippen LogP contribution >= 0.6 is 23.2 Å². The molecule has 0 saturated carbocycles. The van der Waals surface area contributed by atoms with Gasteiger partial charge in [-0.15, -0.1) is 0 Å². The van der Waals surface area contributed by atoms with Crippen LogP contribution in [0.4, 0.5) is 0 Å². The first-order chi connectivity index (χ1) is 3.81. The summed E-state index contributed by atoms with van der Waals surface area (Å²) in [5, 5.41) is 10.1. The zero-order valence-corrected chi connectivity index (χ0v) is 5.48. The zero-order valence-electron chi connectivity index (χ0n) is 3.97. The summed E-state index contributed by atoms with van der Waals surface area (Å²) in [5.41, 5.74) is 0. The Kier molecular flexibility index (Phi) is 6.03. The van der Waals surface area contributed by atoms with Gasteiger partial charge in [-0.2, -0.15) is 0 Å². The fourth-order valence-electron chi connectivity index (χ4n) is 0.151. The first kappa shape index (κ1) is 8.52. The Labute approximate surface area is 57.7 Å². The van der Waals surface area contributed by atoms with Gasteiger partial charge in [0.1, 0.15) is 12.1 Å². The van der Waals surface area contributed by atoms with Crippen molar-refractivity contribution in [2.75, 3.05) is 12.1 Å². The molecule has 0 heterocycles. The minimum Gasteiger partial charge on any atom is -0.370 e. The molecule has 0 N–H and O–H groups in total. The van der Waals surface area contributed by atoms with E-state index in [4.69, 9.17) is 23.2 Å². The van der Waals surface area contributed by atoms with Crippen LogP contribution in [0.15, 0.2) is 0 Å². The fraction of sp³-hybridized carbons (Fsp3) is 1.00. The van der Waals surface area contributed by atoms with Gasteiger partial charge >= 0.3 is 7.32 Å². The molecule has 47 valence electrons. The van der Waals surface area contributed by atoms with E-state index in [1.165, 1.54) is 0 Å². The summed E-state index contributed by atoms with van der Waals surface area (Å²) in [6, 6.07) is -0.351. The van der Waals surface area contributed by atoms with E-state index in [9.17, 15) is 5.02 Å². The average Bonchev–Trinajstić information content (AvgIpc) is 1.68. The number of hydrogen-bond donors (Lipinski definition) is 0. The molecule has 0 aliphatic rings. The summed E-state index contributed by atoms with van der Waals surface area (Å²) in [6.45, 7) is 0. The molecule has 3 nitrogen and oxygen atoms in total. The third kappa shape index (κ3) is 4.68. The lowest BCUT2D eigenvalue weighted by Crippen LogP contribution is -2.19. The first-order valence-electron chi connectivity index (χ1n) is 1.82. The third-order valence-corrected chi connectivity index (χ3v) is 0.650. The molecular formula is C2H4BCl2O3. The van der Waals surface area contributed by atoms with E-state index in [1.54, 1.807) is 0 Å². The summed E-state index contributed by atoms with van der Waals surface area (Å²) in [6.07, 6.45) is 0. The van der Waals surface area contributed by atoms with Crippen LogP contribution in [0.25, 0.3) is 0 Å². The van der Waals surface area contributed by atoms with Crippen LogP contribution in [0.3, 0.4) is 0 Å². The van der Waals surface area contributed by atoms with E-state index < -0.39 is 7.32 Å². The van der Waals surface area contributed by atoms with Crippen LogP contribution < -0.4 is 0 Å². The summed E-state index contributed by atoms with van der Waals surface area (Å²) in [7, 11) is -1.55. The maximum Gasteiger partial charge on any atom is 0.668 e. The highest BCUT2D eigenvalue weighted by Gasteiger charge is 2.15. The van der Waals surface area contributed by atoms with Crippen LogP contribution in [0.5, 0.6) is 0 Å². The average molecular weight is 158 g/mol. The van der Waals surface area contributed by atoms with Gasteiger partial charge in [0.05, 0.1) is 0 Å². The second kappa shape index (κ2) is 5.66. The molecule has 1 radical (unpaired) electrons. The highest BCUT2D eigenvalue weighted by Crippen LogP contribution is 1.88. The Morgan fingerprint density at radius 1 is 1.25 bits per heavy atom. The molecule has 0 rings (SSSR count). The molecular weight excluding hydrogens is 154 g/mol. The topological polar surface area (TPSA) is 38.4 Å². The summed E-state index contributed by atoms with van der Waals surface area (Å²) < 4.78 is 8.37. The summed E-state index contributed by atoms with van der Waals surface area (Å²) in [5.74, 6) is 0. The van der Waals surface area contributed by atoms with Gasteiger partial charge in [-0.05, 0) is 0 Å². The van der Waals surface area contributed by atoms with E-state index in [2.05, 4.69) is 9.31 Å². The van der Waals surface area contributed by atoms with Crippen molar-refractivity contribution in [3.63, 3.8) is 0 Å². The molecule has 0 amide bonds. The third-order valence-electron chi connectivity index (χ3n) is 0.398. The summed E-state index contributed by atoms with van der Waals surface area (Å²) >= 11 is 9.97. The predicted molar refractivity (Wildman–Crippen MR) is 30.1 cm³/mol. The van der Waals surface area contributed by atoms with Gasteiger partial charge in [0, 0.05) is 0 Å². The van der Waals surface area contributed by atoms with Gasteiger partial charge in [-0.3, -0.25) is 0 Å². The largest absolute Gasteiger partial charge is 0.668 e. The van der Waals surface area contributed by atoms with Gasteiger partial charge in [0.15, 0.2) is 0 Å². The lowest BCUT2D eigenvalue weighted by atomic mass is 10.3. The SMILES string of the molecule is [O]B(OCCl)OCCl. The number of hydrogen-bond acceptors (Lipinski definition) is 2. The van der Waals surface area contributed by atoms with Gasteiger partial charge in [-0.1, -0.05) is 23.2 Å². The molecule has 0 saturated heterocycles. The van der Waals surface area contributed by atoms with Crippen molar-refractivity contribution < 1.29 is 14.3 Å². The Balaban J connectivity index is 2.92. The van der Waals surface area contributed by atoms with Gasteiger partial charge in [0.2, 0.25) is 0 Å². The van der Waals surface area contributed by atoms with E-state index in [1.807, 2.05) is 0 Å². The maximum absolute atomic E-state index is 10.1.